The van der Waals surface area contributed by atoms with Crippen LogP contribution in [0.3, 0.4) is 0 Å². The van der Waals surface area contributed by atoms with E-state index >= 15 is 0 Å². The van der Waals surface area contributed by atoms with Crippen LogP contribution in [0.4, 0.5) is 4.39 Å². The van der Waals surface area contributed by atoms with Gasteiger partial charge in [0.15, 0.2) is 9.84 Å². The highest BCUT2D eigenvalue weighted by Gasteiger charge is 2.22. The van der Waals surface area contributed by atoms with Crippen molar-refractivity contribution in [2.45, 2.75) is 4.90 Å². The lowest BCUT2D eigenvalue weighted by Gasteiger charge is -2.08. The van der Waals surface area contributed by atoms with Crippen molar-refractivity contribution < 1.29 is 12.8 Å². The minimum Gasteiger partial charge on any atom is -0.235 e. The molecule has 0 amide bonds. The molecule has 0 fully saturated rings. The van der Waals surface area contributed by atoms with E-state index in [1.54, 1.807) is 41.7 Å². The van der Waals surface area contributed by atoms with Crippen LogP contribution in [0.15, 0.2) is 70.9 Å². The maximum atomic E-state index is 13.4. The third-order valence-electron chi connectivity index (χ3n) is 4.01. The van der Waals surface area contributed by atoms with Crippen molar-refractivity contribution in [3.05, 3.63) is 71.9 Å². The van der Waals surface area contributed by atoms with E-state index in [0.717, 1.165) is 20.3 Å². The van der Waals surface area contributed by atoms with Gasteiger partial charge in [0.1, 0.15) is 10.8 Å². The smallest absolute Gasteiger partial charge is 0.176 e. The molecule has 7 heteroatoms. The third-order valence-corrected chi connectivity index (χ3v) is 7.29. The maximum Gasteiger partial charge on any atom is 0.176 e. The highest BCUT2D eigenvalue weighted by atomic mass is 32.2. The van der Waals surface area contributed by atoms with E-state index in [0.29, 0.717) is 11.3 Å². The predicted octanol–water partition coefficient (Wildman–Crippen LogP) is 5.75. The standard InChI is InChI=1S/C20H14FNO2S3/c1-27(23,24)17-7-3-2-5-15(17)19-18(13-8-10-14(21)11-9-13)22-20(26-19)16-6-4-12-25-16/h2-12H,1H3. The van der Waals surface area contributed by atoms with Crippen LogP contribution in [0.25, 0.3) is 31.6 Å². The summed E-state index contributed by atoms with van der Waals surface area (Å²) in [5.74, 6) is -0.328. The Balaban J connectivity index is 1.99. The number of halogens is 1. The minimum atomic E-state index is -3.41. The van der Waals surface area contributed by atoms with E-state index in [2.05, 4.69) is 0 Å². The molecule has 136 valence electrons. The van der Waals surface area contributed by atoms with Gasteiger partial charge in [0.05, 0.1) is 20.3 Å². The monoisotopic (exact) mass is 415 g/mol. The van der Waals surface area contributed by atoms with Gasteiger partial charge in [-0.2, -0.15) is 0 Å². The van der Waals surface area contributed by atoms with Gasteiger partial charge in [-0.25, -0.2) is 17.8 Å². The van der Waals surface area contributed by atoms with Gasteiger partial charge in [-0.15, -0.1) is 22.7 Å². The average molecular weight is 416 g/mol. The minimum absolute atomic E-state index is 0.259. The lowest BCUT2D eigenvalue weighted by atomic mass is 10.1. The van der Waals surface area contributed by atoms with Gasteiger partial charge >= 0.3 is 0 Å². The molecule has 0 spiro atoms. The van der Waals surface area contributed by atoms with E-state index < -0.39 is 9.84 Å². The Bertz CT molecular complexity index is 1190. The Hall–Kier alpha value is -2.35. The molecule has 0 bridgehead atoms. The second kappa shape index (κ2) is 6.99. The van der Waals surface area contributed by atoms with Crippen LogP contribution in [-0.4, -0.2) is 19.7 Å². The molecule has 0 saturated heterocycles. The quantitative estimate of drug-likeness (QED) is 0.426. The molecule has 27 heavy (non-hydrogen) atoms. The van der Waals surface area contributed by atoms with Gasteiger partial charge in [-0.05, 0) is 41.8 Å². The van der Waals surface area contributed by atoms with Crippen molar-refractivity contribution in [3.63, 3.8) is 0 Å². The lowest BCUT2D eigenvalue weighted by Crippen LogP contribution is -1.99. The van der Waals surface area contributed by atoms with Gasteiger partial charge < -0.3 is 0 Å². The number of benzene rings is 2. The van der Waals surface area contributed by atoms with Crippen LogP contribution in [-0.2, 0) is 9.84 Å². The first-order valence-electron chi connectivity index (χ1n) is 8.03. The molecule has 2 heterocycles. The molecule has 0 radical (unpaired) electrons. The zero-order valence-corrected chi connectivity index (χ0v) is 16.7. The van der Waals surface area contributed by atoms with E-state index in [9.17, 15) is 12.8 Å². The van der Waals surface area contributed by atoms with Gasteiger partial charge in [0, 0.05) is 17.4 Å². The molecule has 0 aliphatic rings. The zero-order valence-electron chi connectivity index (χ0n) is 14.2. The summed E-state index contributed by atoms with van der Waals surface area (Å²) in [6.07, 6.45) is 1.20. The van der Waals surface area contributed by atoms with Gasteiger partial charge in [-0.3, -0.25) is 0 Å². The maximum absolute atomic E-state index is 13.4. The van der Waals surface area contributed by atoms with Crippen molar-refractivity contribution >= 4 is 32.5 Å². The highest BCUT2D eigenvalue weighted by molar-refractivity contribution is 7.90. The SMILES string of the molecule is CS(=O)(=O)c1ccccc1-c1sc(-c2cccs2)nc1-c1ccc(F)cc1. The van der Waals surface area contributed by atoms with E-state index in [1.807, 2.05) is 23.6 Å². The summed E-state index contributed by atoms with van der Waals surface area (Å²) in [6, 6.07) is 16.9. The average Bonchev–Trinajstić information content (AvgIpc) is 3.31. The molecular formula is C20H14FNO2S3. The number of hydrogen-bond acceptors (Lipinski definition) is 5. The molecule has 0 unspecified atom stereocenters. The third kappa shape index (κ3) is 3.58. The summed E-state index contributed by atoms with van der Waals surface area (Å²) in [5.41, 5.74) is 2.01. The fraction of sp³-hybridized carbons (Fsp3) is 0.0500. The van der Waals surface area contributed by atoms with E-state index in [-0.39, 0.29) is 10.7 Å². The molecule has 0 saturated carbocycles. The molecule has 0 N–H and O–H groups in total. The van der Waals surface area contributed by atoms with Crippen molar-refractivity contribution in [3.8, 4) is 31.6 Å². The van der Waals surface area contributed by atoms with Crippen molar-refractivity contribution in [2.75, 3.05) is 6.26 Å². The van der Waals surface area contributed by atoms with Crippen LogP contribution in [0.2, 0.25) is 0 Å². The Morgan fingerprint density at radius 1 is 0.963 bits per heavy atom. The van der Waals surface area contributed by atoms with E-state index in [4.69, 9.17) is 4.98 Å². The molecule has 0 atom stereocenters. The Morgan fingerprint density at radius 3 is 2.37 bits per heavy atom. The second-order valence-corrected chi connectivity index (χ2v) is 9.88. The molecule has 2 aromatic heterocycles. The molecule has 4 rings (SSSR count). The first-order chi connectivity index (χ1) is 12.9. The Kier molecular flexibility index (Phi) is 4.67. The molecule has 0 aliphatic carbocycles. The number of aromatic nitrogens is 1. The predicted molar refractivity (Wildman–Crippen MR) is 109 cm³/mol. The van der Waals surface area contributed by atoms with Crippen LogP contribution in [0, 0.1) is 5.82 Å². The van der Waals surface area contributed by atoms with Crippen molar-refractivity contribution in [1.82, 2.24) is 4.98 Å². The fourth-order valence-corrected chi connectivity index (χ4v) is 5.67. The van der Waals surface area contributed by atoms with Crippen LogP contribution in [0.1, 0.15) is 0 Å². The zero-order chi connectivity index (χ0) is 19.0. The number of sulfone groups is 1. The van der Waals surface area contributed by atoms with Crippen LogP contribution in [0.5, 0.6) is 0 Å². The largest absolute Gasteiger partial charge is 0.235 e. The highest BCUT2D eigenvalue weighted by Crippen LogP contribution is 2.43. The summed E-state index contributed by atoms with van der Waals surface area (Å²) in [7, 11) is -3.41. The second-order valence-electron chi connectivity index (χ2n) is 5.95. The summed E-state index contributed by atoms with van der Waals surface area (Å²) in [6.45, 7) is 0. The molecule has 3 nitrogen and oxygen atoms in total. The number of rotatable bonds is 4. The first kappa shape index (κ1) is 18.0. The molecular weight excluding hydrogens is 401 g/mol. The van der Waals surface area contributed by atoms with E-state index in [1.165, 1.54) is 29.7 Å². The first-order valence-corrected chi connectivity index (χ1v) is 11.6. The molecule has 0 aliphatic heterocycles. The van der Waals surface area contributed by atoms with Crippen LogP contribution < -0.4 is 0 Å². The summed E-state index contributed by atoms with van der Waals surface area (Å²) >= 11 is 3.01. The number of nitrogens with zero attached hydrogens (tertiary/aromatic N) is 1. The van der Waals surface area contributed by atoms with Gasteiger partial charge in [0.25, 0.3) is 0 Å². The van der Waals surface area contributed by atoms with Crippen molar-refractivity contribution in [2.24, 2.45) is 0 Å². The number of thiazole rings is 1. The van der Waals surface area contributed by atoms with Crippen LogP contribution >= 0.6 is 22.7 Å². The molecule has 2 aromatic carbocycles. The Morgan fingerprint density at radius 2 is 1.70 bits per heavy atom. The van der Waals surface area contributed by atoms with Crippen molar-refractivity contribution in [1.29, 1.82) is 0 Å². The summed E-state index contributed by atoms with van der Waals surface area (Å²) in [5, 5.41) is 2.78. The number of thiophene rings is 1. The summed E-state index contributed by atoms with van der Waals surface area (Å²) in [4.78, 5) is 6.78. The number of hydrogen-bond donors (Lipinski definition) is 0. The van der Waals surface area contributed by atoms with Gasteiger partial charge in [0.2, 0.25) is 0 Å². The summed E-state index contributed by atoms with van der Waals surface area (Å²) < 4.78 is 38.0. The fourth-order valence-electron chi connectivity index (χ4n) is 2.79. The Labute approximate surface area is 164 Å². The topological polar surface area (TPSA) is 47.0 Å². The molecule has 4 aromatic rings. The lowest BCUT2D eigenvalue weighted by molar-refractivity contribution is 0.602. The van der Waals surface area contributed by atoms with Gasteiger partial charge in [-0.1, -0.05) is 24.3 Å². The normalized spacial score (nSPS) is 11.6.